The number of hydrogen-bond donors (Lipinski definition) is 1. The normalized spacial score (nSPS) is 12.1. The summed E-state index contributed by atoms with van der Waals surface area (Å²) >= 11 is 1.62. The van der Waals surface area contributed by atoms with Gasteiger partial charge >= 0.3 is 0 Å². The number of benzene rings is 1. The highest BCUT2D eigenvalue weighted by molar-refractivity contribution is 14.0. The van der Waals surface area contributed by atoms with Gasteiger partial charge < -0.3 is 24.4 Å². The quantitative estimate of drug-likeness (QED) is 0.240. The van der Waals surface area contributed by atoms with Crippen LogP contribution in [0, 0.1) is 0 Å². The van der Waals surface area contributed by atoms with Crippen molar-refractivity contribution in [3.8, 4) is 11.5 Å². The minimum atomic E-state index is 0. The molecular weight excluding hydrogens is 527 g/mol. The van der Waals surface area contributed by atoms with Gasteiger partial charge in [-0.2, -0.15) is 0 Å². The van der Waals surface area contributed by atoms with E-state index in [2.05, 4.69) is 34.4 Å². The Labute approximate surface area is 207 Å². The highest BCUT2D eigenvalue weighted by Crippen LogP contribution is 2.28. The van der Waals surface area contributed by atoms with Crippen LogP contribution in [-0.2, 0) is 17.8 Å². The second kappa shape index (κ2) is 14.5. The molecule has 1 aromatic carbocycles. The van der Waals surface area contributed by atoms with Crippen molar-refractivity contribution in [2.75, 3.05) is 34.4 Å². The second-order valence-corrected chi connectivity index (χ2v) is 7.80. The molecule has 0 aliphatic carbocycles. The van der Waals surface area contributed by atoms with Gasteiger partial charge in [0.1, 0.15) is 11.1 Å². The molecule has 1 atom stereocenters. The molecule has 0 aliphatic heterocycles. The Balaban J connectivity index is 0.00000480. The van der Waals surface area contributed by atoms with Crippen molar-refractivity contribution < 1.29 is 14.2 Å². The molecule has 0 bridgehead atoms. The van der Waals surface area contributed by atoms with Crippen LogP contribution in [0.3, 0.4) is 0 Å². The third-order valence-corrected chi connectivity index (χ3v) is 5.52. The van der Waals surface area contributed by atoms with Gasteiger partial charge in [0.15, 0.2) is 17.5 Å². The lowest BCUT2D eigenvalue weighted by Crippen LogP contribution is -2.38. The number of hydrogen-bond acceptors (Lipinski definition) is 6. The van der Waals surface area contributed by atoms with Crippen molar-refractivity contribution in [3.63, 3.8) is 0 Å². The maximum atomic E-state index is 5.73. The summed E-state index contributed by atoms with van der Waals surface area (Å²) in [4.78, 5) is 11.5. The van der Waals surface area contributed by atoms with Crippen LogP contribution in [0.1, 0.15) is 49.6 Å². The second-order valence-electron chi connectivity index (χ2n) is 6.91. The molecule has 7 nitrogen and oxygen atoms in total. The zero-order valence-corrected chi connectivity index (χ0v) is 22.5. The summed E-state index contributed by atoms with van der Waals surface area (Å²) in [6.07, 6.45) is 0.966. The van der Waals surface area contributed by atoms with Crippen molar-refractivity contribution in [1.29, 1.82) is 0 Å². The molecule has 1 heterocycles. The van der Waals surface area contributed by atoms with Gasteiger partial charge in [0, 0.05) is 26.1 Å². The molecule has 0 spiro atoms. The first kappa shape index (κ1) is 27.4. The van der Waals surface area contributed by atoms with Crippen molar-refractivity contribution in [2.24, 2.45) is 4.99 Å². The summed E-state index contributed by atoms with van der Waals surface area (Å²) in [7, 11) is 5.37. The Morgan fingerprint density at radius 2 is 2.03 bits per heavy atom. The van der Waals surface area contributed by atoms with E-state index >= 15 is 0 Å². The lowest BCUT2D eigenvalue weighted by Gasteiger charge is -2.21. The summed E-state index contributed by atoms with van der Waals surface area (Å²) in [5, 5.41) is 6.41. The maximum Gasteiger partial charge on any atom is 0.194 e. The van der Waals surface area contributed by atoms with Gasteiger partial charge in [0.2, 0.25) is 0 Å². The molecule has 0 fully saturated rings. The number of nitrogens with one attached hydrogen (secondary N) is 1. The van der Waals surface area contributed by atoms with Gasteiger partial charge in [-0.25, -0.2) is 9.98 Å². The van der Waals surface area contributed by atoms with Crippen LogP contribution in [0.15, 0.2) is 28.6 Å². The molecule has 0 saturated heterocycles. The molecular formula is C22H35IN4O3S. The van der Waals surface area contributed by atoms with E-state index in [4.69, 9.17) is 19.2 Å². The first-order valence-electron chi connectivity index (χ1n) is 10.3. The molecule has 2 aromatic rings. The standard InChI is InChI=1S/C22H34N4O3S.HI/c1-7-11-29-19-10-9-17(12-20(19)28-6)13-24-22(23-8-2)26(4)14-18-15-30-21(25-18)16(3)27-5;/h9-10,12,15-16H,7-8,11,13-14H2,1-6H3,(H,23,24);1H. The predicted octanol–water partition coefficient (Wildman–Crippen LogP) is 4.86. The lowest BCUT2D eigenvalue weighted by atomic mass is 10.2. The van der Waals surface area contributed by atoms with Crippen LogP contribution < -0.4 is 14.8 Å². The van der Waals surface area contributed by atoms with E-state index in [1.807, 2.05) is 32.2 Å². The maximum absolute atomic E-state index is 5.73. The summed E-state index contributed by atoms with van der Waals surface area (Å²) < 4.78 is 16.6. The lowest BCUT2D eigenvalue weighted by molar-refractivity contribution is 0.119. The molecule has 0 radical (unpaired) electrons. The van der Waals surface area contributed by atoms with Gasteiger partial charge in [0.05, 0.1) is 32.5 Å². The smallest absolute Gasteiger partial charge is 0.194 e. The predicted molar refractivity (Wildman–Crippen MR) is 138 cm³/mol. The minimum absolute atomic E-state index is 0. The van der Waals surface area contributed by atoms with E-state index in [0.717, 1.165) is 46.7 Å². The van der Waals surface area contributed by atoms with Crippen LogP contribution in [0.2, 0.25) is 0 Å². The zero-order valence-electron chi connectivity index (χ0n) is 19.3. The van der Waals surface area contributed by atoms with E-state index in [-0.39, 0.29) is 30.1 Å². The number of thiazole rings is 1. The summed E-state index contributed by atoms with van der Waals surface area (Å²) in [6, 6.07) is 5.96. The number of aromatic nitrogens is 1. The van der Waals surface area contributed by atoms with Crippen molar-refractivity contribution in [2.45, 2.75) is 46.4 Å². The Kier molecular flexibility index (Phi) is 12.8. The number of ether oxygens (including phenoxy) is 3. The molecule has 1 unspecified atom stereocenters. The Bertz CT molecular complexity index is 816. The van der Waals surface area contributed by atoms with E-state index in [1.165, 1.54) is 0 Å². The molecule has 2 rings (SSSR count). The average molecular weight is 563 g/mol. The fourth-order valence-electron chi connectivity index (χ4n) is 2.78. The molecule has 174 valence electrons. The number of nitrogens with zero attached hydrogens (tertiary/aromatic N) is 3. The Morgan fingerprint density at radius 1 is 1.26 bits per heavy atom. The summed E-state index contributed by atoms with van der Waals surface area (Å²) in [6.45, 7) is 8.83. The van der Waals surface area contributed by atoms with Gasteiger partial charge in [-0.05, 0) is 38.0 Å². The third-order valence-electron chi connectivity index (χ3n) is 4.47. The van der Waals surface area contributed by atoms with Gasteiger partial charge in [-0.3, -0.25) is 0 Å². The molecule has 0 aliphatic rings. The van der Waals surface area contributed by atoms with Gasteiger partial charge in [-0.1, -0.05) is 13.0 Å². The average Bonchev–Trinajstić information content (AvgIpc) is 3.23. The van der Waals surface area contributed by atoms with Crippen molar-refractivity contribution >= 4 is 41.3 Å². The topological polar surface area (TPSA) is 68.2 Å². The molecule has 31 heavy (non-hydrogen) atoms. The third kappa shape index (κ3) is 8.46. The highest BCUT2D eigenvalue weighted by Gasteiger charge is 2.13. The molecule has 0 amide bonds. The molecule has 1 aromatic heterocycles. The SMILES string of the molecule is CCCOc1ccc(CN=C(NCC)N(C)Cc2csc(C(C)OC)n2)cc1OC.I. The van der Waals surface area contributed by atoms with Crippen LogP contribution in [0.4, 0.5) is 0 Å². The number of halogens is 1. The number of guanidine groups is 1. The van der Waals surface area contributed by atoms with Crippen LogP contribution in [0.5, 0.6) is 11.5 Å². The summed E-state index contributed by atoms with van der Waals surface area (Å²) in [5.41, 5.74) is 2.07. The summed E-state index contributed by atoms with van der Waals surface area (Å²) in [5.74, 6) is 2.33. The zero-order chi connectivity index (χ0) is 21.9. The Morgan fingerprint density at radius 3 is 2.68 bits per heavy atom. The van der Waals surface area contributed by atoms with Crippen LogP contribution in [0.25, 0.3) is 0 Å². The fraction of sp³-hybridized carbons (Fsp3) is 0.545. The minimum Gasteiger partial charge on any atom is -0.493 e. The Hall–Kier alpha value is -1.59. The first-order valence-corrected chi connectivity index (χ1v) is 11.2. The fourth-order valence-corrected chi connectivity index (χ4v) is 3.62. The largest absolute Gasteiger partial charge is 0.493 e. The monoisotopic (exact) mass is 562 g/mol. The first-order chi connectivity index (χ1) is 14.5. The molecule has 0 saturated carbocycles. The van der Waals surface area contributed by atoms with Gasteiger partial charge in [-0.15, -0.1) is 35.3 Å². The number of methoxy groups -OCH3 is 2. The molecule has 9 heteroatoms. The number of aliphatic imine (C=N–C) groups is 1. The van der Waals surface area contributed by atoms with E-state index in [9.17, 15) is 0 Å². The van der Waals surface area contributed by atoms with Gasteiger partial charge in [0.25, 0.3) is 0 Å². The number of rotatable bonds is 11. The van der Waals surface area contributed by atoms with E-state index in [1.54, 1.807) is 25.6 Å². The van der Waals surface area contributed by atoms with Crippen molar-refractivity contribution in [3.05, 3.63) is 39.8 Å². The van der Waals surface area contributed by atoms with Crippen molar-refractivity contribution in [1.82, 2.24) is 15.2 Å². The molecule has 1 N–H and O–H groups in total. The van der Waals surface area contributed by atoms with Crippen LogP contribution in [-0.4, -0.2) is 50.3 Å². The van der Waals surface area contributed by atoms with E-state index < -0.39 is 0 Å². The van der Waals surface area contributed by atoms with E-state index in [0.29, 0.717) is 19.7 Å². The highest BCUT2D eigenvalue weighted by atomic mass is 127. The van der Waals surface area contributed by atoms with Crippen LogP contribution >= 0.6 is 35.3 Å².